The average Bonchev–Trinajstić information content (AvgIpc) is 2.62. The summed E-state index contributed by atoms with van der Waals surface area (Å²) >= 11 is 0. The summed E-state index contributed by atoms with van der Waals surface area (Å²) in [6.45, 7) is 1.65. The summed E-state index contributed by atoms with van der Waals surface area (Å²) in [5, 5.41) is 19.9. The first-order valence-electron chi connectivity index (χ1n) is 10.0. The van der Waals surface area contributed by atoms with Crippen molar-refractivity contribution in [1.82, 2.24) is 5.32 Å². The van der Waals surface area contributed by atoms with Gasteiger partial charge in [-0.15, -0.1) is 0 Å². The number of aliphatic hydroxyl groups excluding tert-OH is 1. The number of unbranched alkanes of at least 4 members (excludes halogenated alkanes) is 8. The SMILES string of the molecule is CCCCCCCC/C=C/C/C=C/CCCCC(=O)N[C@@H](CO)C(=O)O. The Bertz CT molecular complexity index is 418. The molecule has 0 aliphatic rings. The molecule has 5 nitrogen and oxygen atoms in total. The van der Waals surface area contributed by atoms with E-state index < -0.39 is 18.6 Å². The molecule has 0 rings (SSSR count). The van der Waals surface area contributed by atoms with Crippen molar-refractivity contribution in [2.75, 3.05) is 6.61 Å². The predicted octanol–water partition coefficient (Wildman–Crippen LogP) is 4.36. The third-order valence-corrected chi connectivity index (χ3v) is 4.17. The van der Waals surface area contributed by atoms with E-state index in [0.717, 1.165) is 19.3 Å². The summed E-state index contributed by atoms with van der Waals surface area (Å²) in [4.78, 5) is 22.2. The molecular formula is C21H37NO4. The summed E-state index contributed by atoms with van der Waals surface area (Å²) in [5.74, 6) is -1.54. The van der Waals surface area contributed by atoms with Crippen LogP contribution in [0.1, 0.15) is 84.0 Å². The fraction of sp³-hybridized carbons (Fsp3) is 0.714. The van der Waals surface area contributed by atoms with Gasteiger partial charge >= 0.3 is 5.97 Å². The lowest BCUT2D eigenvalue weighted by atomic mass is 10.1. The van der Waals surface area contributed by atoms with E-state index >= 15 is 0 Å². The molecule has 26 heavy (non-hydrogen) atoms. The van der Waals surface area contributed by atoms with E-state index in [0.29, 0.717) is 6.42 Å². The second kappa shape index (κ2) is 18.2. The molecule has 0 aliphatic carbocycles. The molecule has 0 bridgehead atoms. The van der Waals surface area contributed by atoms with Gasteiger partial charge in [0.2, 0.25) is 5.91 Å². The Labute approximate surface area is 158 Å². The zero-order chi connectivity index (χ0) is 19.5. The zero-order valence-electron chi connectivity index (χ0n) is 16.3. The van der Waals surface area contributed by atoms with E-state index in [2.05, 4.69) is 36.5 Å². The predicted molar refractivity (Wildman–Crippen MR) is 106 cm³/mol. The maximum Gasteiger partial charge on any atom is 0.328 e. The van der Waals surface area contributed by atoms with Crippen LogP contribution in [0.3, 0.4) is 0 Å². The number of allylic oxidation sites excluding steroid dienone is 4. The van der Waals surface area contributed by atoms with Crippen LogP contribution in [0.15, 0.2) is 24.3 Å². The van der Waals surface area contributed by atoms with Gasteiger partial charge in [-0.05, 0) is 38.5 Å². The monoisotopic (exact) mass is 367 g/mol. The highest BCUT2D eigenvalue weighted by molar-refractivity contribution is 5.83. The maximum atomic E-state index is 11.5. The maximum absolute atomic E-state index is 11.5. The van der Waals surface area contributed by atoms with Crippen molar-refractivity contribution in [2.45, 2.75) is 90.0 Å². The molecule has 1 amide bonds. The van der Waals surface area contributed by atoms with Crippen LogP contribution < -0.4 is 5.32 Å². The van der Waals surface area contributed by atoms with Crippen molar-refractivity contribution in [2.24, 2.45) is 0 Å². The molecule has 0 fully saturated rings. The van der Waals surface area contributed by atoms with Crippen molar-refractivity contribution >= 4 is 11.9 Å². The van der Waals surface area contributed by atoms with Crippen LogP contribution in [0.25, 0.3) is 0 Å². The summed E-state index contributed by atoms with van der Waals surface area (Å²) in [5.41, 5.74) is 0. The van der Waals surface area contributed by atoms with Gasteiger partial charge in [0.15, 0.2) is 0 Å². The largest absolute Gasteiger partial charge is 0.480 e. The second-order valence-electron chi connectivity index (χ2n) is 6.62. The molecule has 0 aromatic heterocycles. The van der Waals surface area contributed by atoms with E-state index in [1.54, 1.807) is 0 Å². The van der Waals surface area contributed by atoms with Crippen LogP contribution in [0.4, 0.5) is 0 Å². The van der Waals surface area contributed by atoms with Gasteiger partial charge in [0.05, 0.1) is 6.61 Å². The van der Waals surface area contributed by atoms with Crippen molar-refractivity contribution < 1.29 is 19.8 Å². The molecular weight excluding hydrogens is 330 g/mol. The minimum Gasteiger partial charge on any atom is -0.480 e. The third kappa shape index (κ3) is 15.9. The molecule has 5 heteroatoms. The Morgan fingerprint density at radius 1 is 0.885 bits per heavy atom. The van der Waals surface area contributed by atoms with Crippen LogP contribution in [0, 0.1) is 0 Å². The number of carboxylic acids is 1. The van der Waals surface area contributed by atoms with Crippen molar-refractivity contribution in [3.8, 4) is 0 Å². The van der Waals surface area contributed by atoms with Gasteiger partial charge in [0.25, 0.3) is 0 Å². The second-order valence-corrected chi connectivity index (χ2v) is 6.62. The molecule has 0 saturated heterocycles. The number of carbonyl (C=O) groups excluding carboxylic acids is 1. The molecule has 0 saturated carbocycles. The van der Waals surface area contributed by atoms with Crippen LogP contribution >= 0.6 is 0 Å². The number of carbonyl (C=O) groups is 2. The Balaban J connectivity index is 3.49. The highest BCUT2D eigenvalue weighted by Crippen LogP contribution is 2.07. The molecule has 3 N–H and O–H groups in total. The van der Waals surface area contributed by atoms with E-state index in [4.69, 9.17) is 10.2 Å². The number of amides is 1. The lowest BCUT2D eigenvalue weighted by molar-refractivity contribution is -0.142. The van der Waals surface area contributed by atoms with E-state index in [1.807, 2.05) is 0 Å². The van der Waals surface area contributed by atoms with Gasteiger partial charge < -0.3 is 15.5 Å². The lowest BCUT2D eigenvalue weighted by Crippen LogP contribution is -2.43. The highest BCUT2D eigenvalue weighted by atomic mass is 16.4. The number of rotatable bonds is 17. The fourth-order valence-corrected chi connectivity index (χ4v) is 2.55. The van der Waals surface area contributed by atoms with Gasteiger partial charge in [-0.2, -0.15) is 0 Å². The molecule has 0 aliphatic heterocycles. The summed E-state index contributed by atoms with van der Waals surface area (Å²) in [6, 6.07) is -1.20. The molecule has 0 aromatic carbocycles. The van der Waals surface area contributed by atoms with Crippen LogP contribution in [0.2, 0.25) is 0 Å². The third-order valence-electron chi connectivity index (χ3n) is 4.17. The number of aliphatic hydroxyl groups is 1. The van der Waals surface area contributed by atoms with Crippen molar-refractivity contribution in [1.29, 1.82) is 0 Å². The Hall–Kier alpha value is -1.62. The topological polar surface area (TPSA) is 86.6 Å². The smallest absolute Gasteiger partial charge is 0.328 e. The van der Waals surface area contributed by atoms with E-state index in [1.165, 1.54) is 44.9 Å². The first-order chi connectivity index (χ1) is 12.6. The van der Waals surface area contributed by atoms with Crippen LogP contribution in [-0.2, 0) is 9.59 Å². The number of aliphatic carboxylic acids is 1. The minimum atomic E-state index is -1.21. The van der Waals surface area contributed by atoms with Gasteiger partial charge in [-0.3, -0.25) is 4.79 Å². The average molecular weight is 368 g/mol. The molecule has 150 valence electrons. The first-order valence-corrected chi connectivity index (χ1v) is 10.0. The molecule has 1 atom stereocenters. The number of hydrogen-bond acceptors (Lipinski definition) is 3. The van der Waals surface area contributed by atoms with Gasteiger partial charge in [-0.25, -0.2) is 4.79 Å². The first kappa shape index (κ1) is 24.4. The molecule has 0 unspecified atom stereocenters. The van der Waals surface area contributed by atoms with Gasteiger partial charge in [0.1, 0.15) is 6.04 Å². The highest BCUT2D eigenvalue weighted by Gasteiger charge is 2.17. The molecule has 0 spiro atoms. The molecule has 0 heterocycles. The minimum absolute atomic E-state index is 0.287. The van der Waals surface area contributed by atoms with E-state index in [-0.39, 0.29) is 12.3 Å². The quantitative estimate of drug-likeness (QED) is 0.263. The Kier molecular flexibility index (Phi) is 17.0. The van der Waals surface area contributed by atoms with Crippen molar-refractivity contribution in [3.63, 3.8) is 0 Å². The normalized spacial score (nSPS) is 12.7. The Morgan fingerprint density at radius 2 is 1.46 bits per heavy atom. The molecule has 0 aromatic rings. The fourth-order valence-electron chi connectivity index (χ4n) is 2.55. The summed E-state index contributed by atoms with van der Waals surface area (Å²) < 4.78 is 0. The Morgan fingerprint density at radius 3 is 2.04 bits per heavy atom. The lowest BCUT2D eigenvalue weighted by Gasteiger charge is -2.11. The standard InChI is InChI=1S/C21H37NO4/c1-2-3-4-5-6-7-8-9-10-11-12-13-14-15-16-17-20(24)22-19(18-23)21(25)26/h9-10,12-13,19,23H,2-8,11,14-18H2,1H3,(H,22,24)(H,25,26)/b10-9+,13-12+/t19-/m0/s1. The number of carboxylic acid groups (broad SMARTS) is 1. The molecule has 0 radical (unpaired) electrons. The summed E-state index contributed by atoms with van der Waals surface area (Å²) in [7, 11) is 0. The van der Waals surface area contributed by atoms with Crippen LogP contribution in [0.5, 0.6) is 0 Å². The number of nitrogens with one attached hydrogen (secondary N) is 1. The van der Waals surface area contributed by atoms with Gasteiger partial charge in [0, 0.05) is 6.42 Å². The van der Waals surface area contributed by atoms with Crippen molar-refractivity contribution in [3.05, 3.63) is 24.3 Å². The zero-order valence-corrected chi connectivity index (χ0v) is 16.3. The van der Waals surface area contributed by atoms with E-state index in [9.17, 15) is 9.59 Å². The van der Waals surface area contributed by atoms with Gasteiger partial charge in [-0.1, -0.05) is 63.3 Å². The van der Waals surface area contributed by atoms with Crippen LogP contribution in [-0.4, -0.2) is 34.7 Å². The summed E-state index contributed by atoms with van der Waals surface area (Å²) in [6.07, 6.45) is 21.7. The number of hydrogen-bond donors (Lipinski definition) is 3.